The van der Waals surface area contributed by atoms with Gasteiger partial charge in [0.25, 0.3) is 0 Å². The molecule has 0 aromatic heterocycles. The van der Waals surface area contributed by atoms with Crippen LogP contribution in [0.25, 0.3) is 0 Å². The highest BCUT2D eigenvalue weighted by atomic mass is 35.5. The molecule has 1 atom stereocenters. The molecule has 112 valence electrons. The summed E-state index contributed by atoms with van der Waals surface area (Å²) < 4.78 is 14.0. The summed E-state index contributed by atoms with van der Waals surface area (Å²) in [6.07, 6.45) is 0.528. The lowest BCUT2D eigenvalue weighted by molar-refractivity contribution is 0.528. The minimum Gasteiger partial charge on any atom is -0.310 e. The Morgan fingerprint density at radius 3 is 2.62 bits per heavy atom. The van der Waals surface area contributed by atoms with Gasteiger partial charge in [0.05, 0.1) is 0 Å². The van der Waals surface area contributed by atoms with Crippen molar-refractivity contribution < 1.29 is 4.39 Å². The van der Waals surface area contributed by atoms with Crippen molar-refractivity contribution in [3.8, 4) is 0 Å². The number of aryl methyl sites for hydroxylation is 1. The Labute approximate surface area is 135 Å². The van der Waals surface area contributed by atoms with E-state index in [0.29, 0.717) is 17.0 Å². The molecule has 1 nitrogen and oxygen atoms in total. The van der Waals surface area contributed by atoms with Crippen molar-refractivity contribution in [2.24, 2.45) is 0 Å². The molecule has 2 rings (SSSR count). The smallest absolute Gasteiger partial charge is 0.127 e. The van der Waals surface area contributed by atoms with Gasteiger partial charge in [0.2, 0.25) is 0 Å². The van der Waals surface area contributed by atoms with Crippen LogP contribution in [-0.4, -0.2) is 6.54 Å². The quantitative estimate of drug-likeness (QED) is 0.782. The predicted octanol–water partition coefficient (Wildman–Crippen LogP) is 5.33. The number of likely N-dealkylation sites (N-methyl/N-ethyl adjacent to an activating group) is 1. The van der Waals surface area contributed by atoms with Crippen LogP contribution < -0.4 is 5.32 Å². The number of halogens is 3. The molecule has 0 heterocycles. The first-order valence-corrected chi connectivity index (χ1v) is 7.70. The first kappa shape index (κ1) is 16.3. The molecule has 0 spiro atoms. The fraction of sp³-hybridized carbons (Fsp3) is 0.294. The zero-order chi connectivity index (χ0) is 15.4. The molecule has 1 unspecified atom stereocenters. The molecule has 0 aliphatic rings. The fourth-order valence-corrected chi connectivity index (χ4v) is 2.80. The fourth-order valence-electron chi connectivity index (χ4n) is 2.38. The maximum atomic E-state index is 14.0. The Morgan fingerprint density at radius 2 is 1.95 bits per heavy atom. The highest BCUT2D eigenvalue weighted by Gasteiger charge is 2.17. The van der Waals surface area contributed by atoms with Gasteiger partial charge in [0.1, 0.15) is 5.82 Å². The Bertz CT molecular complexity index is 628. The largest absolute Gasteiger partial charge is 0.310 e. The van der Waals surface area contributed by atoms with Crippen LogP contribution >= 0.6 is 23.2 Å². The second-order valence-corrected chi connectivity index (χ2v) is 5.84. The van der Waals surface area contributed by atoms with Crippen LogP contribution in [-0.2, 0) is 6.42 Å². The monoisotopic (exact) mass is 325 g/mol. The summed E-state index contributed by atoms with van der Waals surface area (Å²) in [7, 11) is 0. The van der Waals surface area contributed by atoms with Crippen LogP contribution in [0.5, 0.6) is 0 Å². The van der Waals surface area contributed by atoms with Gasteiger partial charge >= 0.3 is 0 Å². The first-order chi connectivity index (χ1) is 10.0. The van der Waals surface area contributed by atoms with E-state index < -0.39 is 0 Å². The van der Waals surface area contributed by atoms with Crippen LogP contribution in [0.3, 0.4) is 0 Å². The molecule has 0 radical (unpaired) electrons. The van der Waals surface area contributed by atoms with Crippen molar-refractivity contribution in [1.29, 1.82) is 0 Å². The Balaban J connectivity index is 2.33. The molecule has 0 amide bonds. The highest BCUT2D eigenvalue weighted by Crippen LogP contribution is 2.29. The van der Waals surface area contributed by atoms with Crippen LogP contribution in [0, 0.1) is 12.7 Å². The van der Waals surface area contributed by atoms with Crippen molar-refractivity contribution in [3.05, 3.63) is 69.0 Å². The number of benzene rings is 2. The molecule has 1 N–H and O–H groups in total. The van der Waals surface area contributed by atoms with Crippen molar-refractivity contribution in [1.82, 2.24) is 5.32 Å². The van der Waals surface area contributed by atoms with Gasteiger partial charge in [0.15, 0.2) is 0 Å². The molecule has 0 saturated carbocycles. The minimum atomic E-state index is -0.283. The van der Waals surface area contributed by atoms with E-state index in [0.717, 1.165) is 22.7 Å². The Kier molecular flexibility index (Phi) is 5.63. The van der Waals surface area contributed by atoms with Crippen molar-refractivity contribution in [3.63, 3.8) is 0 Å². The SMILES string of the molecule is CCNC(Cc1ccc(Cl)cc1F)c1cccc(C)c1Cl. The van der Waals surface area contributed by atoms with Crippen LogP contribution in [0.2, 0.25) is 10.0 Å². The van der Waals surface area contributed by atoms with Crippen molar-refractivity contribution in [2.45, 2.75) is 26.3 Å². The molecule has 4 heteroatoms. The maximum absolute atomic E-state index is 14.0. The van der Waals surface area contributed by atoms with E-state index in [9.17, 15) is 4.39 Å². The van der Waals surface area contributed by atoms with E-state index in [1.165, 1.54) is 6.07 Å². The predicted molar refractivity (Wildman–Crippen MR) is 87.7 cm³/mol. The lowest BCUT2D eigenvalue weighted by Crippen LogP contribution is -2.23. The summed E-state index contributed by atoms with van der Waals surface area (Å²) in [6.45, 7) is 4.77. The lowest BCUT2D eigenvalue weighted by atomic mass is 9.97. The average Bonchev–Trinajstić information content (AvgIpc) is 2.44. The highest BCUT2D eigenvalue weighted by molar-refractivity contribution is 6.32. The van der Waals surface area contributed by atoms with Gasteiger partial charge in [-0.05, 0) is 48.7 Å². The van der Waals surface area contributed by atoms with Gasteiger partial charge in [-0.25, -0.2) is 4.39 Å². The van der Waals surface area contributed by atoms with Gasteiger partial charge in [-0.15, -0.1) is 0 Å². The average molecular weight is 326 g/mol. The summed E-state index contributed by atoms with van der Waals surface area (Å²) in [5, 5.41) is 4.51. The topological polar surface area (TPSA) is 12.0 Å². The summed E-state index contributed by atoms with van der Waals surface area (Å²) in [4.78, 5) is 0. The molecule has 0 aliphatic heterocycles. The molecule has 0 bridgehead atoms. The van der Waals surface area contributed by atoms with Crippen molar-refractivity contribution >= 4 is 23.2 Å². The summed E-state index contributed by atoms with van der Waals surface area (Å²) >= 11 is 12.2. The normalized spacial score (nSPS) is 12.4. The molecule has 21 heavy (non-hydrogen) atoms. The molecule has 0 aliphatic carbocycles. The van der Waals surface area contributed by atoms with Crippen LogP contribution in [0.4, 0.5) is 4.39 Å². The van der Waals surface area contributed by atoms with E-state index >= 15 is 0 Å². The third-order valence-corrected chi connectivity index (χ3v) is 4.24. The molecule has 2 aromatic rings. The number of hydrogen-bond donors (Lipinski definition) is 1. The molecular weight excluding hydrogens is 308 g/mol. The number of rotatable bonds is 5. The molecular formula is C17H18Cl2FN. The van der Waals surface area contributed by atoms with Gasteiger partial charge in [-0.3, -0.25) is 0 Å². The van der Waals surface area contributed by atoms with E-state index in [2.05, 4.69) is 5.32 Å². The van der Waals surface area contributed by atoms with Gasteiger partial charge in [0, 0.05) is 16.1 Å². The maximum Gasteiger partial charge on any atom is 0.127 e. The van der Waals surface area contributed by atoms with E-state index in [1.54, 1.807) is 12.1 Å². The van der Waals surface area contributed by atoms with Crippen LogP contribution in [0.1, 0.15) is 29.7 Å². The summed E-state index contributed by atoms with van der Waals surface area (Å²) in [6, 6.07) is 10.7. The van der Waals surface area contributed by atoms with E-state index in [-0.39, 0.29) is 11.9 Å². The molecule has 0 saturated heterocycles. The second-order valence-electron chi connectivity index (χ2n) is 5.03. The standard InChI is InChI=1S/C17H18Cl2FN/c1-3-21-16(14-6-4-5-11(2)17(14)19)9-12-7-8-13(18)10-15(12)20/h4-8,10,16,21H,3,9H2,1-2H3. The number of hydrogen-bond acceptors (Lipinski definition) is 1. The van der Waals surface area contributed by atoms with E-state index in [1.807, 2.05) is 32.0 Å². The Morgan fingerprint density at radius 1 is 1.19 bits per heavy atom. The first-order valence-electron chi connectivity index (χ1n) is 6.95. The van der Waals surface area contributed by atoms with E-state index in [4.69, 9.17) is 23.2 Å². The molecule has 2 aromatic carbocycles. The van der Waals surface area contributed by atoms with Crippen molar-refractivity contribution in [2.75, 3.05) is 6.54 Å². The lowest BCUT2D eigenvalue weighted by Gasteiger charge is -2.21. The zero-order valence-electron chi connectivity index (χ0n) is 12.1. The number of nitrogens with one attached hydrogen (secondary N) is 1. The molecule has 0 fully saturated rings. The third kappa shape index (κ3) is 3.97. The zero-order valence-corrected chi connectivity index (χ0v) is 13.6. The van der Waals surface area contributed by atoms with Gasteiger partial charge in [-0.1, -0.05) is 54.4 Å². The second kappa shape index (κ2) is 7.26. The van der Waals surface area contributed by atoms with Gasteiger partial charge < -0.3 is 5.32 Å². The summed E-state index contributed by atoms with van der Waals surface area (Å²) in [5.74, 6) is -0.283. The van der Waals surface area contributed by atoms with Gasteiger partial charge in [-0.2, -0.15) is 0 Å². The summed E-state index contributed by atoms with van der Waals surface area (Å²) in [5.41, 5.74) is 2.64. The third-order valence-electron chi connectivity index (χ3n) is 3.49. The van der Waals surface area contributed by atoms with Crippen LogP contribution in [0.15, 0.2) is 36.4 Å². The Hall–Kier alpha value is -1.09. The minimum absolute atomic E-state index is 0.0296.